The van der Waals surface area contributed by atoms with E-state index in [1.165, 1.54) is 11.1 Å². The second kappa shape index (κ2) is 10.0. The highest BCUT2D eigenvalue weighted by Gasteiger charge is 2.16. The quantitative estimate of drug-likeness (QED) is 0.744. The number of halogens is 1. The number of morpholine rings is 1. The molecular weight excluding hydrogens is 374 g/mol. The highest BCUT2D eigenvalue weighted by atomic mass is 35.5. The van der Waals surface area contributed by atoms with Gasteiger partial charge in [0.15, 0.2) is 0 Å². The van der Waals surface area contributed by atoms with Gasteiger partial charge in [-0.15, -0.1) is 0 Å². The van der Waals surface area contributed by atoms with Crippen molar-refractivity contribution in [2.24, 2.45) is 0 Å². The van der Waals surface area contributed by atoms with Crippen LogP contribution in [-0.4, -0.2) is 43.2 Å². The van der Waals surface area contributed by atoms with Crippen LogP contribution in [0.5, 0.6) is 0 Å². The molecule has 2 N–H and O–H groups in total. The highest BCUT2D eigenvalue weighted by molar-refractivity contribution is 6.31. The summed E-state index contributed by atoms with van der Waals surface area (Å²) in [4.78, 5) is 15.0. The number of rotatable bonds is 7. The zero-order valence-corrected chi connectivity index (χ0v) is 17.3. The first-order chi connectivity index (χ1) is 13.5. The number of nitrogens with zero attached hydrogens (tertiary/aromatic N) is 1. The molecule has 1 heterocycles. The van der Waals surface area contributed by atoms with Crippen LogP contribution in [0.3, 0.4) is 0 Å². The van der Waals surface area contributed by atoms with E-state index < -0.39 is 0 Å². The van der Waals surface area contributed by atoms with E-state index in [2.05, 4.69) is 33.7 Å². The molecule has 2 aromatic rings. The Morgan fingerprint density at radius 1 is 1.14 bits per heavy atom. The smallest absolute Gasteiger partial charge is 0.241 e. The maximum absolute atomic E-state index is 12.6. The molecule has 2 aromatic carbocycles. The third-order valence-electron chi connectivity index (χ3n) is 5.13. The topological polar surface area (TPSA) is 53.6 Å². The molecule has 1 aliphatic heterocycles. The van der Waals surface area contributed by atoms with E-state index in [-0.39, 0.29) is 11.9 Å². The van der Waals surface area contributed by atoms with Crippen molar-refractivity contribution in [2.75, 3.05) is 31.6 Å². The van der Waals surface area contributed by atoms with Crippen LogP contribution < -0.4 is 10.6 Å². The first-order valence-electron chi connectivity index (χ1n) is 9.71. The van der Waals surface area contributed by atoms with E-state index in [1.807, 2.05) is 38.1 Å². The fourth-order valence-electron chi connectivity index (χ4n) is 3.22. The van der Waals surface area contributed by atoms with Crippen LogP contribution in [0.1, 0.15) is 23.6 Å². The SMILES string of the molecule is Cc1c(Cl)cccc1NC(=O)C(C)NCc1ccccc1CN1CCOCC1. The Kier molecular flexibility index (Phi) is 7.45. The van der Waals surface area contributed by atoms with Crippen molar-refractivity contribution in [1.29, 1.82) is 0 Å². The van der Waals surface area contributed by atoms with Gasteiger partial charge in [0, 0.05) is 36.9 Å². The molecule has 6 heteroatoms. The Bertz CT molecular complexity index is 806. The summed E-state index contributed by atoms with van der Waals surface area (Å²) in [6.45, 7) is 8.82. The summed E-state index contributed by atoms with van der Waals surface area (Å²) < 4.78 is 5.43. The molecule has 0 spiro atoms. The van der Waals surface area contributed by atoms with Gasteiger partial charge in [0.05, 0.1) is 19.3 Å². The third kappa shape index (κ3) is 5.55. The lowest BCUT2D eigenvalue weighted by Gasteiger charge is -2.27. The monoisotopic (exact) mass is 401 g/mol. The highest BCUT2D eigenvalue weighted by Crippen LogP contribution is 2.23. The molecule has 1 fully saturated rings. The van der Waals surface area contributed by atoms with Crippen molar-refractivity contribution in [3.63, 3.8) is 0 Å². The minimum atomic E-state index is -0.324. The fraction of sp³-hybridized carbons (Fsp3) is 0.409. The average Bonchev–Trinajstić information content (AvgIpc) is 2.71. The number of anilines is 1. The molecule has 1 amide bonds. The molecule has 0 radical (unpaired) electrons. The Hall–Kier alpha value is -1.92. The second-order valence-electron chi connectivity index (χ2n) is 7.16. The summed E-state index contributed by atoms with van der Waals surface area (Å²) in [5.74, 6) is -0.0731. The number of carbonyl (C=O) groups is 1. The lowest BCUT2D eigenvalue weighted by atomic mass is 10.1. The van der Waals surface area contributed by atoms with E-state index in [9.17, 15) is 4.79 Å². The van der Waals surface area contributed by atoms with E-state index in [0.29, 0.717) is 11.6 Å². The van der Waals surface area contributed by atoms with Crippen LogP contribution in [0, 0.1) is 6.92 Å². The summed E-state index contributed by atoms with van der Waals surface area (Å²) in [6.07, 6.45) is 0. The first kappa shape index (κ1) is 20.8. The molecule has 0 aromatic heterocycles. The Labute approximate surface area is 172 Å². The molecule has 28 heavy (non-hydrogen) atoms. The summed E-state index contributed by atoms with van der Waals surface area (Å²) in [7, 11) is 0. The van der Waals surface area contributed by atoms with E-state index >= 15 is 0 Å². The molecule has 5 nitrogen and oxygen atoms in total. The van der Waals surface area contributed by atoms with Crippen LogP contribution in [0.15, 0.2) is 42.5 Å². The van der Waals surface area contributed by atoms with Gasteiger partial charge in [-0.1, -0.05) is 41.9 Å². The Morgan fingerprint density at radius 2 is 1.86 bits per heavy atom. The number of hydrogen-bond acceptors (Lipinski definition) is 4. The predicted octanol–water partition coefficient (Wildman–Crippen LogP) is 3.60. The maximum atomic E-state index is 12.6. The third-order valence-corrected chi connectivity index (χ3v) is 5.54. The summed E-state index contributed by atoms with van der Waals surface area (Å²) >= 11 is 6.14. The maximum Gasteiger partial charge on any atom is 0.241 e. The average molecular weight is 402 g/mol. The van der Waals surface area contributed by atoms with Crippen molar-refractivity contribution in [3.05, 3.63) is 64.2 Å². The summed E-state index contributed by atoms with van der Waals surface area (Å²) in [6, 6.07) is 13.6. The van der Waals surface area contributed by atoms with Gasteiger partial charge in [-0.25, -0.2) is 0 Å². The molecule has 0 saturated carbocycles. The van der Waals surface area contributed by atoms with Crippen LogP contribution >= 0.6 is 11.6 Å². The zero-order valence-electron chi connectivity index (χ0n) is 16.5. The van der Waals surface area contributed by atoms with Gasteiger partial charge in [-0.05, 0) is 42.7 Å². The molecule has 1 aliphatic rings. The van der Waals surface area contributed by atoms with Gasteiger partial charge in [-0.2, -0.15) is 0 Å². The van der Waals surface area contributed by atoms with Gasteiger partial charge in [0.1, 0.15) is 0 Å². The van der Waals surface area contributed by atoms with Crippen LogP contribution in [-0.2, 0) is 22.6 Å². The minimum Gasteiger partial charge on any atom is -0.379 e. The molecule has 0 aliphatic carbocycles. The summed E-state index contributed by atoms with van der Waals surface area (Å²) in [5.41, 5.74) is 4.13. The molecule has 1 atom stereocenters. The van der Waals surface area contributed by atoms with E-state index in [4.69, 9.17) is 16.3 Å². The number of carbonyl (C=O) groups excluding carboxylic acids is 1. The molecule has 1 saturated heterocycles. The van der Waals surface area contributed by atoms with Crippen molar-refractivity contribution in [2.45, 2.75) is 33.0 Å². The van der Waals surface area contributed by atoms with Crippen molar-refractivity contribution in [3.8, 4) is 0 Å². The van der Waals surface area contributed by atoms with Crippen molar-refractivity contribution in [1.82, 2.24) is 10.2 Å². The van der Waals surface area contributed by atoms with Gasteiger partial charge in [0.2, 0.25) is 5.91 Å². The number of hydrogen-bond donors (Lipinski definition) is 2. The summed E-state index contributed by atoms with van der Waals surface area (Å²) in [5, 5.41) is 6.95. The fourth-order valence-corrected chi connectivity index (χ4v) is 3.40. The number of benzene rings is 2. The van der Waals surface area contributed by atoms with Crippen LogP contribution in [0.25, 0.3) is 0 Å². The molecule has 150 valence electrons. The standard InChI is InChI=1S/C22H28ClN3O2/c1-16-20(23)8-5-9-21(16)25-22(27)17(2)24-14-18-6-3-4-7-19(18)15-26-10-12-28-13-11-26/h3-9,17,24H,10-15H2,1-2H3,(H,25,27). The number of ether oxygens (including phenoxy) is 1. The lowest BCUT2D eigenvalue weighted by Crippen LogP contribution is -2.38. The van der Waals surface area contributed by atoms with E-state index in [1.54, 1.807) is 0 Å². The predicted molar refractivity (Wildman–Crippen MR) is 114 cm³/mol. The molecule has 0 bridgehead atoms. The Balaban J connectivity index is 1.57. The zero-order chi connectivity index (χ0) is 19.9. The van der Waals surface area contributed by atoms with E-state index in [0.717, 1.165) is 44.1 Å². The number of nitrogens with one attached hydrogen (secondary N) is 2. The molecular formula is C22H28ClN3O2. The number of amides is 1. The van der Waals surface area contributed by atoms with Gasteiger partial charge < -0.3 is 15.4 Å². The van der Waals surface area contributed by atoms with Gasteiger partial charge in [-0.3, -0.25) is 9.69 Å². The first-order valence-corrected chi connectivity index (χ1v) is 10.1. The normalized spacial score (nSPS) is 16.0. The lowest BCUT2D eigenvalue weighted by molar-refractivity contribution is -0.117. The molecule has 1 unspecified atom stereocenters. The minimum absolute atomic E-state index is 0.0731. The van der Waals surface area contributed by atoms with Crippen molar-refractivity contribution >= 4 is 23.2 Å². The van der Waals surface area contributed by atoms with Gasteiger partial charge >= 0.3 is 0 Å². The largest absolute Gasteiger partial charge is 0.379 e. The van der Waals surface area contributed by atoms with Crippen LogP contribution in [0.4, 0.5) is 5.69 Å². The Morgan fingerprint density at radius 3 is 2.61 bits per heavy atom. The molecule has 3 rings (SSSR count). The van der Waals surface area contributed by atoms with Gasteiger partial charge in [0.25, 0.3) is 0 Å². The van der Waals surface area contributed by atoms with Crippen molar-refractivity contribution < 1.29 is 9.53 Å². The second-order valence-corrected chi connectivity index (χ2v) is 7.57. The van der Waals surface area contributed by atoms with Crippen LogP contribution in [0.2, 0.25) is 5.02 Å².